The Morgan fingerprint density at radius 3 is 1.63 bits per heavy atom. The van der Waals surface area contributed by atoms with Gasteiger partial charge in [0.25, 0.3) is 0 Å². The first-order valence-electron chi connectivity index (χ1n) is 21.9. The van der Waals surface area contributed by atoms with E-state index in [1.165, 1.54) is 100 Å². The number of anilines is 2. The van der Waals surface area contributed by atoms with Gasteiger partial charge in [-0.15, -0.1) is 0 Å². The zero-order valence-electron chi connectivity index (χ0n) is 36.9. The maximum absolute atomic E-state index is 11.9. The van der Waals surface area contributed by atoms with E-state index in [4.69, 9.17) is 30.2 Å². The molecule has 3 heterocycles. The van der Waals surface area contributed by atoms with Crippen LogP contribution in [0.3, 0.4) is 0 Å². The molecule has 0 unspecified atom stereocenters. The number of hydrogen-bond acceptors (Lipinski definition) is 8. The monoisotopic (exact) mass is 902 g/mol. The molecule has 0 spiro atoms. The van der Waals surface area contributed by atoms with E-state index in [0.717, 1.165) is 38.0 Å². The first-order valence-corrected chi connectivity index (χ1v) is 22.7. The van der Waals surface area contributed by atoms with E-state index >= 15 is 0 Å². The standard InChI is InChI=1S/C22H24N2O2.C16H18BrNO2.C12H18BNO2/c1-26-22(25)15-11-12-17-19(13-15)24-21(16-9-5-6-10-18(16)23)20(17)14-7-3-2-4-8-14;1-20-16(19)11-7-8-12-13(9-11)18-15(17)14(12)10-5-3-2-4-6-10;1-11(2)12(3,4)16-13(15-11)9-7-5-6-8-10(9)14/h5-6,9-14,24H,2-4,7-8,23H2,1H3;7-10,18H,2-6H2,1H3;5-8H,14H2,1-4H3. The van der Waals surface area contributed by atoms with Crippen molar-refractivity contribution in [3.8, 4) is 11.3 Å². The number of hydrogen-bond donors (Lipinski definition) is 4. The normalized spacial score (nSPS) is 17.5. The minimum absolute atomic E-state index is 0.295. The molecule has 12 heteroatoms. The lowest BCUT2D eigenvalue weighted by molar-refractivity contribution is 0.00578. The van der Waals surface area contributed by atoms with Crippen molar-refractivity contribution in [3.05, 3.63) is 112 Å². The Kier molecular flexibility index (Phi) is 13.9. The van der Waals surface area contributed by atoms with Crippen LogP contribution in [0.15, 0.2) is 89.5 Å². The lowest BCUT2D eigenvalue weighted by Gasteiger charge is -2.32. The fourth-order valence-corrected chi connectivity index (χ4v) is 9.88. The fraction of sp³-hybridized carbons (Fsp3) is 0.400. The van der Waals surface area contributed by atoms with Gasteiger partial charge in [-0.2, -0.15) is 0 Å². The van der Waals surface area contributed by atoms with Crippen LogP contribution in [0.5, 0.6) is 0 Å². The molecule has 3 fully saturated rings. The first-order chi connectivity index (χ1) is 29.7. The molecule has 1 saturated heterocycles. The number of carbonyl (C=O) groups excluding carboxylic acids is 2. The topological polar surface area (TPSA) is 155 Å². The third-order valence-electron chi connectivity index (χ3n) is 13.2. The summed E-state index contributed by atoms with van der Waals surface area (Å²) in [5.41, 5.74) is 21.9. The molecule has 2 saturated carbocycles. The van der Waals surface area contributed by atoms with Gasteiger partial charge in [0.1, 0.15) is 0 Å². The summed E-state index contributed by atoms with van der Waals surface area (Å²) >= 11 is 3.65. The van der Waals surface area contributed by atoms with Crippen LogP contribution in [0, 0.1) is 0 Å². The van der Waals surface area contributed by atoms with Gasteiger partial charge in [0.2, 0.25) is 0 Å². The van der Waals surface area contributed by atoms with Gasteiger partial charge in [0, 0.05) is 44.2 Å². The minimum Gasteiger partial charge on any atom is -0.465 e. The number of H-pyrrole nitrogens is 2. The highest BCUT2D eigenvalue weighted by atomic mass is 79.9. The number of fused-ring (bicyclic) bond motifs is 2. The Labute approximate surface area is 374 Å². The maximum atomic E-state index is 11.9. The number of nitrogens with one attached hydrogen (secondary N) is 2. The summed E-state index contributed by atoms with van der Waals surface area (Å²) in [6.45, 7) is 8.14. The number of nitrogen functional groups attached to an aromatic ring is 2. The number of aromatic nitrogens is 2. The Morgan fingerprint density at radius 2 is 1.11 bits per heavy atom. The number of methoxy groups -OCH3 is 2. The lowest BCUT2D eigenvalue weighted by Crippen LogP contribution is -2.41. The molecular formula is C50H60BBrN4O6. The van der Waals surface area contributed by atoms with Crippen molar-refractivity contribution >= 4 is 73.6 Å². The number of nitrogens with two attached hydrogens (primary N) is 2. The van der Waals surface area contributed by atoms with Gasteiger partial charge >= 0.3 is 19.1 Å². The Morgan fingerprint density at radius 1 is 0.645 bits per heavy atom. The summed E-state index contributed by atoms with van der Waals surface area (Å²) in [6, 6.07) is 27.2. The van der Waals surface area contributed by atoms with Gasteiger partial charge in [-0.1, -0.05) is 87.1 Å². The van der Waals surface area contributed by atoms with Crippen molar-refractivity contribution in [2.45, 2.75) is 115 Å². The van der Waals surface area contributed by atoms with Gasteiger partial charge in [0.05, 0.1) is 46.8 Å². The summed E-state index contributed by atoms with van der Waals surface area (Å²) in [7, 11) is 2.45. The average Bonchev–Trinajstić information content (AvgIpc) is 3.89. The predicted molar refractivity (Wildman–Crippen MR) is 255 cm³/mol. The largest absolute Gasteiger partial charge is 0.496 e. The van der Waals surface area contributed by atoms with Crippen LogP contribution in [0.2, 0.25) is 0 Å². The number of rotatable bonds is 6. The van der Waals surface area contributed by atoms with Crippen LogP contribution in [0.1, 0.15) is 136 Å². The molecule has 6 N–H and O–H groups in total. The highest BCUT2D eigenvalue weighted by Gasteiger charge is 2.52. The zero-order chi connectivity index (χ0) is 44.2. The highest BCUT2D eigenvalue weighted by molar-refractivity contribution is 9.10. The summed E-state index contributed by atoms with van der Waals surface area (Å²) in [5, 5.41) is 2.40. The molecule has 3 aliphatic rings. The Hall–Kier alpha value is -5.04. The average molecular weight is 904 g/mol. The molecular weight excluding hydrogens is 843 g/mol. The number of para-hydroxylation sites is 2. The molecule has 2 aromatic heterocycles. The molecule has 0 bridgehead atoms. The van der Waals surface area contributed by atoms with E-state index in [9.17, 15) is 9.59 Å². The second kappa shape index (κ2) is 19.1. The Bertz CT molecular complexity index is 2520. The predicted octanol–water partition coefficient (Wildman–Crippen LogP) is 11.6. The van der Waals surface area contributed by atoms with E-state index in [2.05, 4.69) is 32.0 Å². The van der Waals surface area contributed by atoms with Crippen LogP contribution in [-0.4, -0.2) is 54.4 Å². The third-order valence-corrected chi connectivity index (χ3v) is 13.9. The smallest absolute Gasteiger partial charge is 0.465 e. The van der Waals surface area contributed by atoms with E-state index < -0.39 is 0 Å². The molecule has 9 rings (SSSR count). The van der Waals surface area contributed by atoms with Gasteiger partial charge in [-0.3, -0.25) is 0 Å². The van der Waals surface area contributed by atoms with E-state index in [-0.39, 0.29) is 30.3 Å². The van der Waals surface area contributed by atoms with Crippen LogP contribution in [-0.2, 0) is 18.8 Å². The van der Waals surface area contributed by atoms with Gasteiger partial charge in [-0.25, -0.2) is 9.59 Å². The molecule has 4 aromatic carbocycles. The summed E-state index contributed by atoms with van der Waals surface area (Å²) < 4.78 is 22.6. The quantitative estimate of drug-likeness (QED) is 0.0732. The zero-order valence-corrected chi connectivity index (χ0v) is 38.5. The SMILES string of the molecule is CC1(C)OB(c2ccccc2N)OC1(C)C.COC(=O)c1ccc2c(C3CCCCC3)c(-c3ccccc3N)[nH]c2c1.COC(=O)c1ccc2c(C3CCCCC3)c(Br)[nH]c2c1. The van der Waals surface area contributed by atoms with Crippen molar-refractivity contribution in [2.75, 3.05) is 25.7 Å². The van der Waals surface area contributed by atoms with Crippen molar-refractivity contribution in [1.82, 2.24) is 9.97 Å². The molecule has 0 amide bonds. The molecule has 0 atom stereocenters. The molecule has 0 radical (unpaired) electrons. The summed E-state index contributed by atoms with van der Waals surface area (Å²) in [6.07, 6.45) is 12.7. The molecule has 1 aliphatic heterocycles. The van der Waals surface area contributed by atoms with Crippen LogP contribution in [0.25, 0.3) is 33.1 Å². The molecule has 2 aliphatic carbocycles. The van der Waals surface area contributed by atoms with E-state index in [1.807, 2.05) is 107 Å². The second-order valence-electron chi connectivity index (χ2n) is 17.7. The first kappa shape index (κ1) is 45.0. The number of halogens is 1. The number of esters is 2. The lowest BCUT2D eigenvalue weighted by atomic mass is 9.78. The number of aromatic amines is 2. The molecule has 326 valence electrons. The molecule has 62 heavy (non-hydrogen) atoms. The molecule has 10 nitrogen and oxygen atoms in total. The van der Waals surface area contributed by atoms with Crippen molar-refractivity contribution in [2.24, 2.45) is 0 Å². The van der Waals surface area contributed by atoms with Crippen LogP contribution in [0.4, 0.5) is 11.4 Å². The number of ether oxygens (including phenoxy) is 2. The highest BCUT2D eigenvalue weighted by Crippen LogP contribution is 2.44. The Balaban J connectivity index is 0.000000144. The number of carbonyl (C=O) groups is 2. The summed E-state index contributed by atoms with van der Waals surface area (Å²) in [4.78, 5) is 30.4. The van der Waals surface area contributed by atoms with Gasteiger partial charge < -0.3 is 40.2 Å². The second-order valence-corrected chi connectivity index (χ2v) is 18.5. The third kappa shape index (κ3) is 9.48. The number of benzene rings is 4. The summed E-state index contributed by atoms with van der Waals surface area (Å²) in [5.74, 6) is 0.533. The van der Waals surface area contributed by atoms with E-state index in [0.29, 0.717) is 28.7 Å². The maximum Gasteiger partial charge on any atom is 0.496 e. The van der Waals surface area contributed by atoms with E-state index in [1.54, 1.807) is 0 Å². The minimum atomic E-state index is -0.369. The van der Waals surface area contributed by atoms with Crippen molar-refractivity contribution in [3.63, 3.8) is 0 Å². The van der Waals surface area contributed by atoms with Gasteiger partial charge in [0.15, 0.2) is 0 Å². The van der Waals surface area contributed by atoms with Crippen LogP contribution >= 0.6 is 15.9 Å². The fourth-order valence-electron chi connectivity index (χ4n) is 9.13. The van der Waals surface area contributed by atoms with Crippen LogP contribution < -0.4 is 16.9 Å². The van der Waals surface area contributed by atoms with Crippen molar-refractivity contribution < 1.29 is 28.4 Å². The van der Waals surface area contributed by atoms with Gasteiger partial charge in [-0.05, 0) is 129 Å². The van der Waals surface area contributed by atoms with Crippen molar-refractivity contribution in [1.29, 1.82) is 0 Å². The molecule has 6 aromatic rings.